The van der Waals surface area contributed by atoms with Gasteiger partial charge in [-0.3, -0.25) is 15.0 Å². The lowest BCUT2D eigenvalue weighted by Gasteiger charge is -2.38. The van der Waals surface area contributed by atoms with Crippen LogP contribution >= 0.6 is 0 Å². The minimum atomic E-state index is -5.28. The molecule has 2 bridgehead atoms. The molecule has 2 saturated heterocycles. The molecule has 2 aromatic carbocycles. The van der Waals surface area contributed by atoms with Crippen LogP contribution in [-0.2, 0) is 27.3 Å². The molecular formula is C49H54F10N10O7. The molecule has 2 unspecified atom stereocenters. The number of ether oxygens (including phenoxy) is 1. The molecule has 0 radical (unpaired) electrons. The number of benzene rings is 2. The van der Waals surface area contributed by atoms with Crippen molar-refractivity contribution < 1.29 is 78.0 Å². The number of amides is 4. The summed E-state index contributed by atoms with van der Waals surface area (Å²) in [5.41, 5.74) is -4.67. The quantitative estimate of drug-likeness (QED) is 0.0327. The first-order chi connectivity index (χ1) is 35.5. The molecule has 27 heteroatoms. The van der Waals surface area contributed by atoms with Crippen LogP contribution in [0.2, 0.25) is 0 Å². The summed E-state index contributed by atoms with van der Waals surface area (Å²) in [7, 11) is 0.810. The van der Waals surface area contributed by atoms with E-state index >= 15 is 8.78 Å². The van der Waals surface area contributed by atoms with Gasteiger partial charge < -0.3 is 41.1 Å². The minimum Gasteiger partial charge on any atom is -0.465 e. The number of methoxy groups -OCH3 is 1. The number of alkyl halides is 8. The van der Waals surface area contributed by atoms with Gasteiger partial charge in [0.15, 0.2) is 0 Å². The Morgan fingerprint density at radius 1 is 0.829 bits per heavy atom. The van der Waals surface area contributed by atoms with Gasteiger partial charge in [0.1, 0.15) is 29.5 Å². The number of nitrogens with one attached hydrogen (secondary N) is 5. The van der Waals surface area contributed by atoms with Crippen LogP contribution in [0.25, 0.3) is 11.3 Å². The van der Waals surface area contributed by atoms with Crippen molar-refractivity contribution in [3.8, 4) is 23.1 Å². The molecule has 4 amide bonds. The fourth-order valence-electron chi connectivity index (χ4n) is 8.49. The number of carbonyl (C=O) groups excluding carboxylic acids is 3. The molecule has 4 heterocycles. The second-order valence-electron chi connectivity index (χ2n) is 19.4. The monoisotopic (exact) mass is 1080 g/mol. The summed E-state index contributed by atoms with van der Waals surface area (Å²) >= 11 is 0. The molecule has 0 saturated carbocycles. The van der Waals surface area contributed by atoms with E-state index in [4.69, 9.17) is 0 Å². The van der Waals surface area contributed by atoms with Gasteiger partial charge in [-0.2, -0.15) is 40.2 Å². The topological polar surface area (TPSA) is 215 Å². The highest BCUT2D eigenvalue weighted by molar-refractivity contribution is 5.87. The first-order valence-corrected chi connectivity index (χ1v) is 23.4. The fourth-order valence-corrected chi connectivity index (χ4v) is 8.49. The maximum absolute atomic E-state index is 15.9. The van der Waals surface area contributed by atoms with E-state index in [-0.39, 0.29) is 21.5 Å². The van der Waals surface area contributed by atoms with Crippen molar-refractivity contribution in [1.82, 2.24) is 46.5 Å². The van der Waals surface area contributed by atoms with E-state index < -0.39 is 115 Å². The Hall–Kier alpha value is -7.18. The summed E-state index contributed by atoms with van der Waals surface area (Å²) in [4.78, 5) is 58.7. The van der Waals surface area contributed by atoms with Crippen molar-refractivity contribution in [3.05, 3.63) is 101 Å². The smallest absolute Gasteiger partial charge is 0.407 e. The number of carboxylic acid groups (broad SMARTS) is 1. The molecule has 7 N–H and O–H groups in total. The van der Waals surface area contributed by atoms with E-state index in [0.717, 1.165) is 51.1 Å². The highest BCUT2D eigenvalue weighted by Crippen LogP contribution is 2.42. The number of aliphatic hydroxyl groups excluding tert-OH is 1. The van der Waals surface area contributed by atoms with E-state index in [1.807, 2.05) is 22.9 Å². The average Bonchev–Trinajstić information content (AvgIpc) is 3.98. The third kappa shape index (κ3) is 14.0. The Kier molecular flexibility index (Phi) is 17.9. The first kappa shape index (κ1) is 58.1. The van der Waals surface area contributed by atoms with Gasteiger partial charge in [-0.15, -0.1) is 0 Å². The van der Waals surface area contributed by atoms with E-state index in [9.17, 15) is 64.5 Å². The van der Waals surface area contributed by atoms with Crippen molar-refractivity contribution >= 4 is 29.8 Å². The van der Waals surface area contributed by atoms with Crippen LogP contribution in [0.1, 0.15) is 69.3 Å². The second-order valence-corrected chi connectivity index (χ2v) is 19.4. The predicted octanol–water partition coefficient (Wildman–Crippen LogP) is 6.42. The van der Waals surface area contributed by atoms with Gasteiger partial charge in [-0.1, -0.05) is 24.0 Å². The summed E-state index contributed by atoms with van der Waals surface area (Å²) in [5.74, 6) is 0.554. The van der Waals surface area contributed by atoms with Crippen molar-refractivity contribution in [3.63, 3.8) is 0 Å². The van der Waals surface area contributed by atoms with Crippen LogP contribution in [-0.4, -0.2) is 129 Å². The standard InChI is InChI=1S/C49H54F10N10O7/c1-46(2,48(54,55)56)39(64-45(75)76-5)41(71)62-36(18-27-9-6-26(7-10-27)8-11-28-12-15-38(60-21-28)67-22-30-13-14-31(23-67)61-30)37(70)25-68(66-42(72)40(63-44(73)74)47(3,4)49(57,58)59)24-32-33(50)19-29(20-34(32)51)35-16-17-69(65-35)43(52)53/h6-7,9-10,12,15-17,19-21,30-31,36-37,39-40,43,61,63,70H,13-14,18,22-25H2,1-5H3,(H,62,71)(H,64,75)(H,66,72)(H,73,74)/t30?,31?,36-,37-,39+,40+/m0/s1. The van der Waals surface area contributed by atoms with Gasteiger partial charge >= 0.3 is 31.1 Å². The number of fused-ring (bicyclic) bond motifs is 2. The molecule has 6 rings (SSSR count). The van der Waals surface area contributed by atoms with Crippen LogP contribution < -0.4 is 31.6 Å². The van der Waals surface area contributed by atoms with Crippen LogP contribution in [0.5, 0.6) is 0 Å². The second kappa shape index (κ2) is 23.4. The third-order valence-electron chi connectivity index (χ3n) is 13.3. The molecule has 4 aromatic rings. The van der Waals surface area contributed by atoms with Crippen LogP contribution in [0.3, 0.4) is 0 Å². The third-order valence-corrected chi connectivity index (χ3v) is 13.3. The number of aromatic nitrogens is 3. The Morgan fingerprint density at radius 2 is 1.39 bits per heavy atom. The van der Waals surface area contributed by atoms with Crippen LogP contribution in [0, 0.1) is 34.3 Å². The molecule has 2 aliphatic heterocycles. The zero-order chi connectivity index (χ0) is 56.1. The highest BCUT2D eigenvalue weighted by Gasteiger charge is 2.57. The maximum Gasteiger partial charge on any atom is 0.407 e. The number of carbonyl (C=O) groups is 4. The van der Waals surface area contributed by atoms with E-state index in [1.165, 1.54) is 29.6 Å². The molecular weight excluding hydrogens is 1030 g/mol. The number of hydrazine groups is 1. The highest BCUT2D eigenvalue weighted by atomic mass is 19.4. The van der Waals surface area contributed by atoms with E-state index in [1.54, 1.807) is 6.20 Å². The minimum absolute atomic E-state index is 0.187. The number of nitrogens with zero attached hydrogens (tertiary/aromatic N) is 5. The van der Waals surface area contributed by atoms with Crippen molar-refractivity contribution in [2.45, 2.75) is 109 Å². The number of aliphatic hydroxyl groups is 1. The summed E-state index contributed by atoms with van der Waals surface area (Å²) < 4.78 is 150. The van der Waals surface area contributed by atoms with E-state index in [0.29, 0.717) is 68.0 Å². The lowest BCUT2D eigenvalue weighted by Crippen LogP contribution is -2.63. The normalized spacial score (nSPS) is 17.5. The van der Waals surface area contributed by atoms with Crippen molar-refractivity contribution in [2.75, 3.05) is 31.6 Å². The zero-order valence-electron chi connectivity index (χ0n) is 41.3. The molecule has 6 atom stereocenters. The SMILES string of the molecule is COC(=O)N[C@H](C(=O)N[C@@H](Cc1ccc(C#Cc2ccc(N3CC4CCC(C3)N4)nc2)cc1)[C@@H](O)CN(Cc1c(F)cc(-c2ccn(C(F)F)n2)cc1F)NC(=O)[C@@H](NC(=O)O)C(C)(C)C(F)(F)F)C(C)(C)C(F)(F)F. The molecule has 0 spiro atoms. The van der Waals surface area contributed by atoms with Gasteiger partial charge in [0.2, 0.25) is 5.91 Å². The van der Waals surface area contributed by atoms with Gasteiger partial charge in [-0.05, 0) is 95.0 Å². The Bertz CT molecular complexity index is 2750. The van der Waals surface area contributed by atoms with Gasteiger partial charge in [-0.25, -0.2) is 33.0 Å². The number of hydrogen-bond acceptors (Lipinski definition) is 11. The van der Waals surface area contributed by atoms with E-state index in [2.05, 4.69) is 42.2 Å². The van der Waals surface area contributed by atoms with Crippen molar-refractivity contribution in [2.24, 2.45) is 10.8 Å². The fraction of sp³-hybridized carbons (Fsp3) is 0.469. The molecule has 2 aliphatic rings. The van der Waals surface area contributed by atoms with Gasteiger partial charge in [0.05, 0.1) is 35.8 Å². The number of hydrogen-bond donors (Lipinski definition) is 7. The lowest BCUT2D eigenvalue weighted by atomic mass is 9.82. The summed E-state index contributed by atoms with van der Waals surface area (Å²) in [6.45, 7) is -1.72. The largest absolute Gasteiger partial charge is 0.465 e. The van der Waals surface area contributed by atoms with Crippen LogP contribution in [0.4, 0.5) is 59.3 Å². The number of alkyl carbamates (subject to hydrolysis) is 1. The molecule has 2 fully saturated rings. The number of anilines is 1. The Morgan fingerprint density at radius 3 is 1.91 bits per heavy atom. The molecule has 2 aromatic heterocycles. The number of rotatable bonds is 18. The summed E-state index contributed by atoms with van der Waals surface area (Å²) in [6, 6.07) is 5.79. The molecule has 17 nitrogen and oxygen atoms in total. The average molecular weight is 1090 g/mol. The lowest BCUT2D eigenvalue weighted by molar-refractivity contribution is -0.221. The molecule has 412 valence electrons. The number of halogens is 10. The Balaban J connectivity index is 1.33. The van der Waals surface area contributed by atoms with Crippen LogP contribution in [0.15, 0.2) is 67.0 Å². The summed E-state index contributed by atoms with van der Waals surface area (Å²) in [5, 5.41) is 34.6. The maximum atomic E-state index is 15.9. The zero-order valence-corrected chi connectivity index (χ0v) is 41.3. The van der Waals surface area contributed by atoms with Crippen molar-refractivity contribution in [1.29, 1.82) is 0 Å². The molecule has 0 aliphatic carbocycles. The molecule has 76 heavy (non-hydrogen) atoms. The predicted molar refractivity (Wildman–Crippen MR) is 252 cm³/mol. The van der Waals surface area contributed by atoms with Gasteiger partial charge in [0.25, 0.3) is 5.91 Å². The Labute approximate surface area is 428 Å². The summed E-state index contributed by atoms with van der Waals surface area (Å²) in [6.07, 6.45) is -12.1. The number of piperazine rings is 1. The first-order valence-electron chi connectivity index (χ1n) is 23.4. The van der Waals surface area contributed by atoms with Gasteiger partial charge in [0, 0.05) is 72.9 Å². The number of pyridine rings is 1.